The minimum atomic E-state index is -0.232. The molecule has 0 unspecified atom stereocenters. The van der Waals surface area contributed by atoms with Gasteiger partial charge in [-0.2, -0.15) is 0 Å². The van der Waals surface area contributed by atoms with E-state index in [-0.39, 0.29) is 5.91 Å². The molecule has 0 saturated heterocycles. The summed E-state index contributed by atoms with van der Waals surface area (Å²) in [6.07, 6.45) is 2.45. The standard InChI is InChI=1S/C21H24N4O2/c1-16-7-6-11-22-19(16)10-12-23-21(26)20-13-18(27-24-20)15-25(2)14-17-8-4-3-5-9-17/h3-9,11,13H,10,12,14-15H2,1-2H3,(H,23,26). The molecule has 0 spiro atoms. The number of nitrogens with one attached hydrogen (secondary N) is 1. The summed E-state index contributed by atoms with van der Waals surface area (Å²) >= 11 is 0. The molecule has 3 rings (SSSR count). The molecule has 27 heavy (non-hydrogen) atoms. The zero-order chi connectivity index (χ0) is 19.1. The van der Waals surface area contributed by atoms with Crippen LogP contribution in [0.2, 0.25) is 0 Å². The smallest absolute Gasteiger partial charge is 0.273 e. The fraction of sp³-hybridized carbons (Fsp3) is 0.286. The van der Waals surface area contributed by atoms with Gasteiger partial charge in [0.25, 0.3) is 5.91 Å². The number of hydrogen-bond donors (Lipinski definition) is 1. The normalized spacial score (nSPS) is 10.9. The second-order valence-electron chi connectivity index (χ2n) is 6.61. The summed E-state index contributed by atoms with van der Waals surface area (Å²) in [7, 11) is 2.00. The van der Waals surface area contributed by atoms with Gasteiger partial charge in [-0.05, 0) is 31.2 Å². The monoisotopic (exact) mass is 364 g/mol. The van der Waals surface area contributed by atoms with Crippen molar-refractivity contribution in [2.24, 2.45) is 0 Å². The van der Waals surface area contributed by atoms with Crippen LogP contribution in [0.3, 0.4) is 0 Å². The summed E-state index contributed by atoms with van der Waals surface area (Å²) in [4.78, 5) is 18.7. The van der Waals surface area contributed by atoms with E-state index in [0.29, 0.717) is 31.0 Å². The molecule has 0 bridgehead atoms. The van der Waals surface area contributed by atoms with E-state index in [0.717, 1.165) is 17.8 Å². The highest BCUT2D eigenvalue weighted by Gasteiger charge is 2.14. The Morgan fingerprint density at radius 2 is 1.96 bits per heavy atom. The topological polar surface area (TPSA) is 71.3 Å². The Bertz CT molecular complexity index is 877. The van der Waals surface area contributed by atoms with Crippen LogP contribution in [0, 0.1) is 6.92 Å². The molecule has 1 amide bonds. The van der Waals surface area contributed by atoms with Crippen molar-refractivity contribution < 1.29 is 9.32 Å². The maximum Gasteiger partial charge on any atom is 0.273 e. The molecule has 1 N–H and O–H groups in total. The first-order valence-electron chi connectivity index (χ1n) is 8.98. The molecule has 0 aliphatic carbocycles. The molecule has 2 aromatic heterocycles. The number of carbonyl (C=O) groups is 1. The quantitative estimate of drug-likeness (QED) is 0.665. The Morgan fingerprint density at radius 1 is 1.15 bits per heavy atom. The highest BCUT2D eigenvalue weighted by Crippen LogP contribution is 2.10. The van der Waals surface area contributed by atoms with E-state index in [9.17, 15) is 4.79 Å². The maximum absolute atomic E-state index is 12.2. The fourth-order valence-electron chi connectivity index (χ4n) is 2.88. The lowest BCUT2D eigenvalue weighted by atomic mass is 10.1. The van der Waals surface area contributed by atoms with Crippen molar-refractivity contribution in [1.82, 2.24) is 20.4 Å². The van der Waals surface area contributed by atoms with Crippen molar-refractivity contribution in [2.45, 2.75) is 26.4 Å². The summed E-state index contributed by atoms with van der Waals surface area (Å²) in [5, 5.41) is 6.76. The molecule has 0 radical (unpaired) electrons. The average molecular weight is 364 g/mol. The summed E-state index contributed by atoms with van der Waals surface area (Å²) in [6.45, 7) is 3.90. The van der Waals surface area contributed by atoms with E-state index in [1.54, 1.807) is 12.3 Å². The maximum atomic E-state index is 12.2. The predicted molar refractivity (Wildman–Crippen MR) is 103 cm³/mol. The SMILES string of the molecule is Cc1cccnc1CCNC(=O)c1cc(CN(C)Cc2ccccc2)on1. The fourth-order valence-corrected chi connectivity index (χ4v) is 2.88. The predicted octanol–water partition coefficient (Wildman–Crippen LogP) is 2.98. The van der Waals surface area contributed by atoms with Gasteiger partial charge in [0.15, 0.2) is 11.5 Å². The van der Waals surface area contributed by atoms with Crippen LogP contribution in [0.15, 0.2) is 59.3 Å². The molecular formula is C21H24N4O2. The lowest BCUT2D eigenvalue weighted by molar-refractivity contribution is 0.0945. The van der Waals surface area contributed by atoms with E-state index in [4.69, 9.17) is 4.52 Å². The van der Waals surface area contributed by atoms with Crippen LogP contribution in [0.25, 0.3) is 0 Å². The Kier molecular flexibility index (Phi) is 6.33. The highest BCUT2D eigenvalue weighted by atomic mass is 16.5. The third kappa shape index (κ3) is 5.49. The second kappa shape index (κ2) is 9.09. The zero-order valence-electron chi connectivity index (χ0n) is 15.7. The first-order chi connectivity index (χ1) is 13.1. The third-order valence-electron chi connectivity index (χ3n) is 4.28. The van der Waals surface area contributed by atoms with E-state index in [1.165, 1.54) is 5.56 Å². The number of benzene rings is 1. The van der Waals surface area contributed by atoms with Crippen molar-refractivity contribution in [2.75, 3.05) is 13.6 Å². The summed E-state index contributed by atoms with van der Waals surface area (Å²) in [5.41, 5.74) is 3.64. The summed E-state index contributed by atoms with van der Waals surface area (Å²) in [6, 6.07) is 15.8. The highest BCUT2D eigenvalue weighted by molar-refractivity contribution is 5.92. The van der Waals surface area contributed by atoms with Gasteiger partial charge in [-0.25, -0.2) is 0 Å². The Balaban J connectivity index is 1.48. The van der Waals surface area contributed by atoms with Crippen LogP contribution >= 0.6 is 0 Å². The molecule has 6 nitrogen and oxygen atoms in total. The Morgan fingerprint density at radius 3 is 2.74 bits per heavy atom. The van der Waals surface area contributed by atoms with E-state index in [2.05, 4.69) is 32.5 Å². The number of hydrogen-bond acceptors (Lipinski definition) is 5. The van der Waals surface area contributed by atoms with Gasteiger partial charge in [-0.1, -0.05) is 41.6 Å². The molecule has 1 aromatic carbocycles. The summed E-state index contributed by atoms with van der Waals surface area (Å²) in [5.74, 6) is 0.434. The van der Waals surface area contributed by atoms with Crippen molar-refractivity contribution in [3.63, 3.8) is 0 Å². The number of pyridine rings is 1. The Hall–Kier alpha value is -2.99. The minimum Gasteiger partial charge on any atom is -0.359 e. The zero-order valence-corrected chi connectivity index (χ0v) is 15.7. The van der Waals surface area contributed by atoms with Crippen LogP contribution in [-0.2, 0) is 19.5 Å². The number of aryl methyl sites for hydroxylation is 1. The van der Waals surface area contributed by atoms with Crippen molar-refractivity contribution in [3.05, 3.63) is 83.0 Å². The number of nitrogens with zero attached hydrogens (tertiary/aromatic N) is 3. The summed E-state index contributed by atoms with van der Waals surface area (Å²) < 4.78 is 5.31. The van der Waals surface area contributed by atoms with Gasteiger partial charge in [-0.15, -0.1) is 0 Å². The van der Waals surface area contributed by atoms with Crippen LogP contribution < -0.4 is 5.32 Å². The van der Waals surface area contributed by atoms with Crippen molar-refractivity contribution in [3.8, 4) is 0 Å². The van der Waals surface area contributed by atoms with E-state index < -0.39 is 0 Å². The lowest BCUT2D eigenvalue weighted by Gasteiger charge is -2.14. The van der Waals surface area contributed by atoms with Gasteiger partial charge in [0, 0.05) is 37.5 Å². The molecule has 0 aliphatic heterocycles. The van der Waals surface area contributed by atoms with Gasteiger partial charge >= 0.3 is 0 Å². The first kappa shape index (κ1) is 18.8. The van der Waals surface area contributed by atoms with Gasteiger partial charge in [0.1, 0.15) is 0 Å². The number of carbonyl (C=O) groups excluding carboxylic acids is 1. The second-order valence-corrected chi connectivity index (χ2v) is 6.61. The van der Waals surface area contributed by atoms with Crippen LogP contribution in [0.5, 0.6) is 0 Å². The van der Waals surface area contributed by atoms with Crippen LogP contribution in [0.4, 0.5) is 0 Å². The van der Waals surface area contributed by atoms with Gasteiger partial charge in [0.2, 0.25) is 0 Å². The Labute approximate surface area is 159 Å². The van der Waals surface area contributed by atoms with Crippen LogP contribution in [-0.4, -0.2) is 34.5 Å². The number of aromatic nitrogens is 2. The molecule has 0 atom stereocenters. The van der Waals surface area contributed by atoms with Crippen molar-refractivity contribution >= 4 is 5.91 Å². The molecule has 0 fully saturated rings. The van der Waals surface area contributed by atoms with Gasteiger partial charge < -0.3 is 9.84 Å². The van der Waals surface area contributed by atoms with E-state index >= 15 is 0 Å². The van der Waals surface area contributed by atoms with Crippen molar-refractivity contribution in [1.29, 1.82) is 0 Å². The largest absolute Gasteiger partial charge is 0.359 e. The van der Waals surface area contributed by atoms with Gasteiger partial charge in [0.05, 0.1) is 6.54 Å². The molecule has 6 heteroatoms. The molecular weight excluding hydrogens is 340 g/mol. The third-order valence-corrected chi connectivity index (χ3v) is 4.28. The van der Waals surface area contributed by atoms with Gasteiger partial charge in [-0.3, -0.25) is 14.7 Å². The molecule has 0 saturated carbocycles. The first-order valence-corrected chi connectivity index (χ1v) is 8.98. The van der Waals surface area contributed by atoms with Crippen LogP contribution in [0.1, 0.15) is 33.1 Å². The molecule has 0 aliphatic rings. The number of rotatable bonds is 8. The molecule has 3 aromatic rings. The van der Waals surface area contributed by atoms with E-state index in [1.807, 2.05) is 44.3 Å². The average Bonchev–Trinajstić information content (AvgIpc) is 3.12. The minimum absolute atomic E-state index is 0.232. The molecule has 140 valence electrons. The number of amides is 1. The lowest BCUT2D eigenvalue weighted by Crippen LogP contribution is -2.26. The molecule has 2 heterocycles.